The van der Waals surface area contributed by atoms with Gasteiger partial charge in [-0.1, -0.05) is 0 Å². The Kier molecular flexibility index (Phi) is 1.47. The molecular formula is C6H5N5S. The number of nitrogens with two attached hydrogens (primary N) is 1. The average molecular weight is 179 g/mol. The van der Waals surface area contributed by atoms with Gasteiger partial charge < -0.3 is 10.7 Å². The van der Waals surface area contributed by atoms with Gasteiger partial charge in [-0.3, -0.25) is 0 Å². The Morgan fingerprint density at radius 2 is 2.08 bits per heavy atom. The lowest BCUT2D eigenvalue weighted by Crippen LogP contribution is -1.97. The van der Waals surface area contributed by atoms with Gasteiger partial charge in [0.25, 0.3) is 0 Å². The average Bonchev–Trinajstić information content (AvgIpc) is 2.04. The van der Waals surface area contributed by atoms with Crippen molar-refractivity contribution < 1.29 is 0 Å². The quantitative estimate of drug-likeness (QED) is 0.581. The summed E-state index contributed by atoms with van der Waals surface area (Å²) >= 11 is 4.81. The van der Waals surface area contributed by atoms with E-state index in [4.69, 9.17) is 18.0 Å². The van der Waals surface area contributed by atoms with Gasteiger partial charge in [-0.2, -0.15) is 4.98 Å². The third kappa shape index (κ3) is 1.02. The van der Waals surface area contributed by atoms with Crippen molar-refractivity contribution in [2.75, 3.05) is 5.73 Å². The van der Waals surface area contributed by atoms with Gasteiger partial charge in [0, 0.05) is 12.4 Å². The zero-order valence-electron chi connectivity index (χ0n) is 5.98. The van der Waals surface area contributed by atoms with Gasteiger partial charge in [-0.05, 0) is 12.2 Å². The van der Waals surface area contributed by atoms with E-state index in [-0.39, 0.29) is 0 Å². The maximum atomic E-state index is 5.59. The fraction of sp³-hybridized carbons (Fsp3) is 0. The minimum Gasteiger partial charge on any atom is -0.383 e. The molecule has 0 bridgehead atoms. The maximum Gasteiger partial charge on any atom is 0.200 e. The first-order chi connectivity index (χ1) is 5.77. The van der Waals surface area contributed by atoms with E-state index in [9.17, 15) is 0 Å². The van der Waals surface area contributed by atoms with Crippen LogP contribution in [0.25, 0.3) is 11.2 Å². The summed E-state index contributed by atoms with van der Waals surface area (Å²) in [6.07, 6.45) is 3.10. The van der Waals surface area contributed by atoms with Gasteiger partial charge in [-0.25, -0.2) is 9.97 Å². The molecule has 0 saturated heterocycles. The number of nitrogen functional groups attached to an aromatic ring is 1. The van der Waals surface area contributed by atoms with Gasteiger partial charge in [0.1, 0.15) is 11.3 Å². The van der Waals surface area contributed by atoms with E-state index < -0.39 is 0 Å². The van der Waals surface area contributed by atoms with E-state index in [1.165, 1.54) is 0 Å². The molecule has 3 N–H and O–H groups in total. The van der Waals surface area contributed by atoms with E-state index in [2.05, 4.69) is 19.9 Å². The molecule has 2 rings (SSSR count). The summed E-state index contributed by atoms with van der Waals surface area (Å²) in [5.41, 5.74) is 6.61. The summed E-state index contributed by atoms with van der Waals surface area (Å²) in [5, 5.41) is 0. The molecule has 2 heterocycles. The standard InChI is InChI=1S/C6H5N5S/c7-4-3-5(9-2-1-8-3)11-6(12)10-4/h1-2H,(H3,7,9,10,11,12). The smallest absolute Gasteiger partial charge is 0.200 e. The van der Waals surface area contributed by atoms with Crippen LogP contribution in [-0.4, -0.2) is 19.9 Å². The highest BCUT2D eigenvalue weighted by Crippen LogP contribution is 2.09. The summed E-state index contributed by atoms with van der Waals surface area (Å²) in [7, 11) is 0. The predicted molar refractivity (Wildman–Crippen MR) is 46.9 cm³/mol. The molecule has 0 aromatic carbocycles. The minimum atomic E-state index is 0.320. The highest BCUT2D eigenvalue weighted by Gasteiger charge is 1.99. The monoisotopic (exact) mass is 179 g/mol. The molecule has 0 aliphatic heterocycles. The third-order valence-electron chi connectivity index (χ3n) is 1.38. The maximum absolute atomic E-state index is 5.59. The molecule has 0 spiro atoms. The van der Waals surface area contributed by atoms with E-state index >= 15 is 0 Å². The van der Waals surface area contributed by atoms with E-state index in [0.717, 1.165) is 0 Å². The van der Waals surface area contributed by atoms with Crippen LogP contribution in [0.3, 0.4) is 0 Å². The first-order valence-corrected chi connectivity index (χ1v) is 3.65. The van der Waals surface area contributed by atoms with Crippen LogP contribution in [0.2, 0.25) is 0 Å². The third-order valence-corrected chi connectivity index (χ3v) is 1.58. The first kappa shape index (κ1) is 7.11. The highest BCUT2D eigenvalue weighted by atomic mass is 32.1. The van der Waals surface area contributed by atoms with Gasteiger partial charge in [0.15, 0.2) is 5.65 Å². The Hall–Kier alpha value is -1.56. The number of hydrogen-bond donors (Lipinski definition) is 2. The topological polar surface area (TPSA) is 80.5 Å². The number of aromatic amines is 1. The molecule has 0 atom stereocenters. The summed E-state index contributed by atoms with van der Waals surface area (Å²) in [6, 6.07) is 0. The molecule has 0 aliphatic rings. The number of nitrogens with one attached hydrogen (secondary N) is 1. The van der Waals surface area contributed by atoms with Crippen molar-refractivity contribution in [2.45, 2.75) is 0 Å². The number of aromatic nitrogens is 4. The van der Waals surface area contributed by atoms with Crippen molar-refractivity contribution in [3.05, 3.63) is 17.2 Å². The minimum absolute atomic E-state index is 0.320. The van der Waals surface area contributed by atoms with Crippen molar-refractivity contribution in [1.29, 1.82) is 0 Å². The number of fused-ring (bicyclic) bond motifs is 1. The Balaban J connectivity index is 2.99. The predicted octanol–water partition coefficient (Wildman–Crippen LogP) is 0.665. The molecule has 0 fully saturated rings. The van der Waals surface area contributed by atoms with Crippen LogP contribution in [-0.2, 0) is 0 Å². The second-order valence-electron chi connectivity index (χ2n) is 2.18. The Labute approximate surface area is 72.7 Å². The van der Waals surface area contributed by atoms with Gasteiger partial charge in [-0.15, -0.1) is 0 Å². The van der Waals surface area contributed by atoms with Crippen LogP contribution in [0.5, 0.6) is 0 Å². The Bertz CT molecular complexity index is 477. The van der Waals surface area contributed by atoms with Crippen LogP contribution in [0.15, 0.2) is 12.4 Å². The molecule has 60 valence electrons. The molecule has 2 aromatic heterocycles. The largest absolute Gasteiger partial charge is 0.383 e. The molecule has 0 aliphatic carbocycles. The van der Waals surface area contributed by atoms with E-state index in [1.54, 1.807) is 12.4 Å². The zero-order valence-corrected chi connectivity index (χ0v) is 6.80. The van der Waals surface area contributed by atoms with Crippen molar-refractivity contribution in [1.82, 2.24) is 19.9 Å². The second kappa shape index (κ2) is 2.49. The lowest BCUT2D eigenvalue weighted by atomic mass is 10.5. The Morgan fingerprint density at radius 3 is 2.92 bits per heavy atom. The van der Waals surface area contributed by atoms with Crippen LogP contribution < -0.4 is 5.73 Å². The number of rotatable bonds is 0. The van der Waals surface area contributed by atoms with Gasteiger partial charge in [0.05, 0.1) is 0 Å². The molecule has 2 aromatic rings. The molecule has 0 amide bonds. The lowest BCUT2D eigenvalue weighted by molar-refractivity contribution is 1.13. The fourth-order valence-electron chi connectivity index (χ4n) is 0.901. The van der Waals surface area contributed by atoms with E-state index in [1.807, 2.05) is 0 Å². The van der Waals surface area contributed by atoms with Crippen LogP contribution in [0.4, 0.5) is 5.82 Å². The lowest BCUT2D eigenvalue weighted by Gasteiger charge is -1.97. The summed E-state index contributed by atoms with van der Waals surface area (Å²) < 4.78 is 0.320. The zero-order chi connectivity index (χ0) is 8.55. The van der Waals surface area contributed by atoms with Crippen molar-refractivity contribution in [3.63, 3.8) is 0 Å². The van der Waals surface area contributed by atoms with Gasteiger partial charge in [0.2, 0.25) is 4.77 Å². The molecule has 5 nitrogen and oxygen atoms in total. The summed E-state index contributed by atoms with van der Waals surface area (Å²) in [6.45, 7) is 0. The SMILES string of the molecule is Nc1[nH]c(=S)nc2nccnc12. The molecule has 6 heteroatoms. The summed E-state index contributed by atoms with van der Waals surface area (Å²) in [5.74, 6) is 0.401. The fourth-order valence-corrected chi connectivity index (χ4v) is 1.10. The highest BCUT2D eigenvalue weighted by molar-refractivity contribution is 7.71. The van der Waals surface area contributed by atoms with Crippen LogP contribution in [0.1, 0.15) is 0 Å². The molecular weight excluding hydrogens is 174 g/mol. The van der Waals surface area contributed by atoms with Crippen molar-refractivity contribution in [3.8, 4) is 0 Å². The first-order valence-electron chi connectivity index (χ1n) is 3.24. The van der Waals surface area contributed by atoms with Gasteiger partial charge >= 0.3 is 0 Å². The van der Waals surface area contributed by atoms with E-state index in [0.29, 0.717) is 21.8 Å². The molecule has 0 radical (unpaired) electrons. The van der Waals surface area contributed by atoms with Crippen molar-refractivity contribution in [2.24, 2.45) is 0 Å². The number of anilines is 1. The van der Waals surface area contributed by atoms with Crippen LogP contribution >= 0.6 is 12.2 Å². The van der Waals surface area contributed by atoms with Crippen molar-refractivity contribution >= 4 is 29.2 Å². The number of hydrogen-bond acceptors (Lipinski definition) is 5. The normalized spacial score (nSPS) is 10.3. The Morgan fingerprint density at radius 1 is 1.33 bits per heavy atom. The second-order valence-corrected chi connectivity index (χ2v) is 2.57. The molecule has 0 saturated carbocycles. The molecule has 0 unspecified atom stereocenters. The summed E-state index contributed by atoms with van der Waals surface area (Å²) in [4.78, 5) is 14.6. The number of H-pyrrole nitrogens is 1. The molecule has 12 heavy (non-hydrogen) atoms. The van der Waals surface area contributed by atoms with Crippen LogP contribution in [0, 0.1) is 4.77 Å². The number of nitrogens with zero attached hydrogens (tertiary/aromatic N) is 3.